The molecule has 0 radical (unpaired) electrons. The van der Waals surface area contributed by atoms with Gasteiger partial charge in [-0.2, -0.15) is 0 Å². The summed E-state index contributed by atoms with van der Waals surface area (Å²) in [7, 11) is 0. The molecule has 0 saturated heterocycles. The first-order valence-corrected chi connectivity index (χ1v) is 8.42. The molecule has 1 heteroatoms. The molecule has 0 N–H and O–H groups in total. The van der Waals surface area contributed by atoms with Gasteiger partial charge in [0.25, 0.3) is 0 Å². The second-order valence-electron chi connectivity index (χ2n) is 5.89. The van der Waals surface area contributed by atoms with Crippen molar-refractivity contribution in [3.8, 4) is 0 Å². The van der Waals surface area contributed by atoms with Crippen molar-refractivity contribution < 1.29 is 0 Å². The average Bonchev–Trinajstić information content (AvgIpc) is 2.46. The molecular formula is C19H17I. The molecule has 2 aromatic rings. The van der Waals surface area contributed by atoms with E-state index in [9.17, 15) is 0 Å². The summed E-state index contributed by atoms with van der Waals surface area (Å²) in [6.45, 7) is 2.19. The highest BCUT2D eigenvalue weighted by atomic mass is 127. The first-order chi connectivity index (χ1) is 9.74. The van der Waals surface area contributed by atoms with Gasteiger partial charge in [-0.15, -0.1) is 0 Å². The van der Waals surface area contributed by atoms with E-state index in [4.69, 9.17) is 0 Å². The zero-order valence-electron chi connectivity index (χ0n) is 11.7. The normalized spacial score (nSPS) is 17.3. The van der Waals surface area contributed by atoms with E-state index in [0.717, 1.165) is 0 Å². The van der Waals surface area contributed by atoms with Gasteiger partial charge in [-0.1, -0.05) is 35.9 Å². The van der Waals surface area contributed by atoms with Crippen LogP contribution in [-0.2, 0) is 6.42 Å². The van der Waals surface area contributed by atoms with Crippen molar-refractivity contribution in [2.45, 2.75) is 32.6 Å². The Labute approximate surface area is 133 Å². The molecule has 0 spiro atoms. The number of allylic oxidation sites excluding steroid dienone is 4. The van der Waals surface area contributed by atoms with Crippen LogP contribution in [-0.4, -0.2) is 0 Å². The molecule has 2 aliphatic rings. The fourth-order valence-corrected chi connectivity index (χ4v) is 4.79. The Morgan fingerprint density at radius 3 is 2.85 bits per heavy atom. The Morgan fingerprint density at radius 2 is 1.95 bits per heavy atom. The summed E-state index contributed by atoms with van der Waals surface area (Å²) in [5.41, 5.74) is 7.58. The highest BCUT2D eigenvalue weighted by molar-refractivity contribution is 14.1. The van der Waals surface area contributed by atoms with Crippen LogP contribution >= 0.6 is 22.6 Å². The van der Waals surface area contributed by atoms with Gasteiger partial charge in [0.15, 0.2) is 0 Å². The Bertz CT molecular complexity index is 778. The van der Waals surface area contributed by atoms with E-state index in [1.807, 2.05) is 0 Å². The minimum absolute atomic E-state index is 1.21. The van der Waals surface area contributed by atoms with E-state index in [1.54, 1.807) is 11.1 Å². The highest BCUT2D eigenvalue weighted by Crippen LogP contribution is 2.41. The molecule has 0 bridgehead atoms. The van der Waals surface area contributed by atoms with Crippen LogP contribution in [0, 0.1) is 10.5 Å². The summed E-state index contributed by atoms with van der Waals surface area (Å²) < 4.78 is 1.40. The quantitative estimate of drug-likeness (QED) is 0.513. The van der Waals surface area contributed by atoms with Crippen LogP contribution < -0.4 is 0 Å². The number of hydrogen-bond donors (Lipinski definition) is 0. The second kappa shape index (κ2) is 4.73. The van der Waals surface area contributed by atoms with E-state index in [1.165, 1.54) is 56.7 Å². The first kappa shape index (κ1) is 12.6. The maximum Gasteiger partial charge on any atom is 0.0214 e. The van der Waals surface area contributed by atoms with Gasteiger partial charge in [-0.05, 0) is 94.3 Å². The number of hydrogen-bond acceptors (Lipinski definition) is 0. The van der Waals surface area contributed by atoms with Gasteiger partial charge in [0.2, 0.25) is 0 Å². The monoisotopic (exact) mass is 372 g/mol. The van der Waals surface area contributed by atoms with Crippen molar-refractivity contribution in [1.82, 2.24) is 0 Å². The first-order valence-electron chi connectivity index (χ1n) is 7.35. The topological polar surface area (TPSA) is 0 Å². The SMILES string of the molecule is Cc1cc(I)c2c3c(ccc2c1)C1=C(CCC=C1)CC3. The largest absolute Gasteiger partial charge is 0.0836 e. The number of aryl methyl sites for hydroxylation is 2. The van der Waals surface area contributed by atoms with E-state index in [0.29, 0.717) is 0 Å². The highest BCUT2D eigenvalue weighted by Gasteiger charge is 2.21. The summed E-state index contributed by atoms with van der Waals surface area (Å²) in [5, 5.41) is 2.89. The summed E-state index contributed by atoms with van der Waals surface area (Å²) in [6, 6.07) is 9.28. The van der Waals surface area contributed by atoms with Gasteiger partial charge in [-0.25, -0.2) is 0 Å². The van der Waals surface area contributed by atoms with Crippen LogP contribution in [0.1, 0.15) is 36.0 Å². The fraction of sp³-hybridized carbons (Fsp3) is 0.263. The zero-order chi connectivity index (χ0) is 13.7. The van der Waals surface area contributed by atoms with Crippen molar-refractivity contribution in [1.29, 1.82) is 0 Å². The molecule has 2 aromatic carbocycles. The molecule has 0 aromatic heterocycles. The zero-order valence-corrected chi connectivity index (χ0v) is 13.8. The number of fused-ring (bicyclic) bond motifs is 4. The van der Waals surface area contributed by atoms with E-state index < -0.39 is 0 Å². The predicted molar refractivity (Wildman–Crippen MR) is 95.0 cm³/mol. The summed E-state index contributed by atoms with van der Waals surface area (Å²) in [6.07, 6.45) is 9.61. The molecule has 2 aliphatic carbocycles. The number of halogens is 1. The molecule has 0 amide bonds. The minimum Gasteiger partial charge on any atom is -0.0836 e. The van der Waals surface area contributed by atoms with E-state index >= 15 is 0 Å². The summed E-state index contributed by atoms with van der Waals surface area (Å²) in [5.74, 6) is 0. The summed E-state index contributed by atoms with van der Waals surface area (Å²) in [4.78, 5) is 0. The lowest BCUT2D eigenvalue weighted by Crippen LogP contribution is -2.07. The van der Waals surface area contributed by atoms with Gasteiger partial charge in [0, 0.05) is 3.57 Å². The van der Waals surface area contributed by atoms with Gasteiger partial charge < -0.3 is 0 Å². The van der Waals surface area contributed by atoms with E-state index in [2.05, 4.69) is 65.9 Å². The number of benzene rings is 2. The van der Waals surface area contributed by atoms with E-state index in [-0.39, 0.29) is 0 Å². The summed E-state index contributed by atoms with van der Waals surface area (Å²) >= 11 is 2.50. The molecule has 0 unspecified atom stereocenters. The van der Waals surface area contributed by atoms with Gasteiger partial charge in [0.05, 0.1) is 0 Å². The predicted octanol–water partition coefficient (Wildman–Crippen LogP) is 5.80. The third kappa shape index (κ3) is 1.86. The molecule has 0 nitrogen and oxygen atoms in total. The van der Waals surface area contributed by atoms with Crippen molar-refractivity contribution in [3.05, 3.63) is 62.3 Å². The van der Waals surface area contributed by atoms with Crippen molar-refractivity contribution in [2.75, 3.05) is 0 Å². The molecular weight excluding hydrogens is 355 g/mol. The van der Waals surface area contributed by atoms with Crippen molar-refractivity contribution in [2.24, 2.45) is 0 Å². The molecule has 0 heterocycles. The molecule has 0 fully saturated rings. The standard InChI is InChI=1S/C19H17I/c1-12-10-14-7-8-16-15-5-3-2-4-13(15)6-9-17(16)19(14)18(20)11-12/h3,5,7-8,10-11H,2,4,6,9H2,1H3. The van der Waals surface area contributed by atoms with Crippen LogP contribution in [0.2, 0.25) is 0 Å². The molecule has 20 heavy (non-hydrogen) atoms. The Morgan fingerprint density at radius 1 is 1.05 bits per heavy atom. The second-order valence-corrected chi connectivity index (χ2v) is 7.06. The fourth-order valence-electron chi connectivity index (χ4n) is 3.67. The van der Waals surface area contributed by atoms with Crippen molar-refractivity contribution in [3.63, 3.8) is 0 Å². The van der Waals surface area contributed by atoms with Gasteiger partial charge in [0.1, 0.15) is 0 Å². The van der Waals surface area contributed by atoms with Crippen LogP contribution in [0.25, 0.3) is 16.3 Å². The third-order valence-electron chi connectivity index (χ3n) is 4.57. The Hall–Kier alpha value is -1.09. The Balaban J connectivity index is 2.05. The van der Waals surface area contributed by atoms with Gasteiger partial charge >= 0.3 is 0 Å². The smallest absolute Gasteiger partial charge is 0.0214 e. The lowest BCUT2D eigenvalue weighted by Gasteiger charge is -2.26. The lowest BCUT2D eigenvalue weighted by molar-refractivity contribution is 0.831. The maximum absolute atomic E-state index is 2.50. The maximum atomic E-state index is 2.50. The van der Waals surface area contributed by atoms with Crippen LogP contribution in [0.4, 0.5) is 0 Å². The van der Waals surface area contributed by atoms with Crippen LogP contribution in [0.15, 0.2) is 42.0 Å². The molecule has 0 atom stereocenters. The molecule has 4 rings (SSSR count). The molecule has 100 valence electrons. The molecule has 0 aliphatic heterocycles. The van der Waals surface area contributed by atoms with Crippen LogP contribution in [0.3, 0.4) is 0 Å². The molecule has 0 saturated carbocycles. The van der Waals surface area contributed by atoms with Gasteiger partial charge in [-0.3, -0.25) is 0 Å². The minimum atomic E-state index is 1.21. The lowest BCUT2D eigenvalue weighted by atomic mass is 9.79. The average molecular weight is 372 g/mol. The third-order valence-corrected chi connectivity index (χ3v) is 5.42. The Kier molecular flexibility index (Phi) is 2.99. The van der Waals surface area contributed by atoms with Crippen LogP contribution in [0.5, 0.6) is 0 Å². The van der Waals surface area contributed by atoms with Crippen molar-refractivity contribution >= 4 is 38.9 Å². The number of rotatable bonds is 0.